The third kappa shape index (κ3) is 5.48. The Morgan fingerprint density at radius 2 is 2.08 bits per heavy atom. The third-order valence-corrected chi connectivity index (χ3v) is 7.53. The maximum absolute atomic E-state index is 13.0. The number of nitrogen functional groups attached to an aromatic ring is 1. The topological polar surface area (TPSA) is 202 Å². The van der Waals surface area contributed by atoms with Crippen LogP contribution in [0.5, 0.6) is 0 Å². The molecule has 5 N–H and O–H groups in total. The first-order valence-corrected chi connectivity index (χ1v) is 13.0. The zero-order chi connectivity index (χ0) is 27.6. The van der Waals surface area contributed by atoms with Gasteiger partial charge in [0.2, 0.25) is 5.91 Å². The van der Waals surface area contributed by atoms with Crippen molar-refractivity contribution in [1.82, 2.24) is 25.4 Å². The van der Waals surface area contributed by atoms with E-state index in [1.54, 1.807) is 6.07 Å². The Morgan fingerprint density at radius 1 is 1.32 bits per heavy atom. The van der Waals surface area contributed by atoms with E-state index in [0.717, 1.165) is 16.2 Å². The zero-order valence-corrected chi connectivity index (χ0v) is 22.3. The number of anilines is 2. The molecule has 38 heavy (non-hydrogen) atoms. The van der Waals surface area contributed by atoms with Gasteiger partial charge in [-0.25, -0.2) is 9.78 Å². The molecule has 2 aromatic heterocycles. The van der Waals surface area contributed by atoms with Crippen molar-refractivity contribution in [2.75, 3.05) is 23.9 Å². The molecule has 0 aromatic carbocycles. The predicted molar refractivity (Wildman–Crippen MR) is 143 cm³/mol. The fraction of sp³-hybridized carbons (Fsp3) is 0.238. The largest absolute Gasteiger partial charge is 0.477 e. The molecule has 0 bridgehead atoms. The van der Waals surface area contributed by atoms with Crippen molar-refractivity contribution in [2.24, 2.45) is 5.16 Å². The minimum absolute atomic E-state index is 0.171. The van der Waals surface area contributed by atoms with Gasteiger partial charge in [0.25, 0.3) is 11.8 Å². The number of nitrogens with one attached hydrogen (secondary N) is 2. The molecular formula is C21H20N8O6S3. The first-order valence-electron chi connectivity index (χ1n) is 10.7. The summed E-state index contributed by atoms with van der Waals surface area (Å²) < 4.78 is 0. The van der Waals surface area contributed by atoms with Crippen molar-refractivity contribution in [1.29, 1.82) is 0 Å². The predicted octanol–water partition coefficient (Wildman–Crippen LogP) is 0.534. The summed E-state index contributed by atoms with van der Waals surface area (Å²) in [5, 5.41) is 27.6. The van der Waals surface area contributed by atoms with E-state index in [1.807, 2.05) is 0 Å². The number of carboxylic acids is 1. The van der Waals surface area contributed by atoms with Gasteiger partial charge in [-0.3, -0.25) is 19.3 Å². The molecule has 14 nitrogen and oxygen atoms in total. The van der Waals surface area contributed by atoms with Crippen LogP contribution in [0.3, 0.4) is 0 Å². The van der Waals surface area contributed by atoms with Crippen molar-refractivity contribution >= 4 is 81.0 Å². The van der Waals surface area contributed by atoms with Gasteiger partial charge in [0.1, 0.15) is 29.9 Å². The Morgan fingerprint density at radius 3 is 2.66 bits per heavy atom. The lowest BCUT2D eigenvalue weighted by atomic mass is 10.0. The number of amides is 3. The number of thioether (sulfide) groups is 1. The second-order valence-electron chi connectivity index (χ2n) is 7.75. The molecule has 0 aliphatic carbocycles. The average Bonchev–Trinajstić information content (AvgIpc) is 3.30. The molecule has 3 amide bonds. The van der Waals surface area contributed by atoms with E-state index in [-0.39, 0.29) is 39.7 Å². The Hall–Kier alpha value is -3.96. The molecule has 2 atom stereocenters. The number of rotatable bonds is 8. The first kappa shape index (κ1) is 27.1. The number of oxime groups is 1. The number of hydrogen-bond acceptors (Lipinski definition) is 13. The van der Waals surface area contributed by atoms with Crippen molar-refractivity contribution in [3.8, 4) is 0 Å². The Bertz CT molecular complexity index is 1400. The summed E-state index contributed by atoms with van der Waals surface area (Å²) in [7, 11) is 1.26. The highest BCUT2D eigenvalue weighted by Gasteiger charge is 2.54. The number of aliphatic carboxylic acids is 1. The van der Waals surface area contributed by atoms with Gasteiger partial charge in [-0.1, -0.05) is 5.16 Å². The lowest BCUT2D eigenvalue weighted by Gasteiger charge is -2.49. The molecule has 0 spiro atoms. The standard InChI is InChI=1S/C21H20N8O6S3/c1-8(30)23-13-4-3-10(26-27-13)12(36)5-9-6-37-19-15(18(32)29(19)16(9)20(33)34)25-17(31)14(28-35-2)11-7-38-21(22)24-11/h3-5,7,15,19,36H,6H2,1-2H3,(H2,22,24)(H,25,31)(H,33,34)(H,23,27,30). The molecular weight excluding hydrogens is 556 g/mol. The van der Waals surface area contributed by atoms with Gasteiger partial charge in [0.15, 0.2) is 16.7 Å². The number of fused-ring (bicyclic) bond motifs is 1. The van der Waals surface area contributed by atoms with Crippen molar-refractivity contribution in [3.63, 3.8) is 0 Å². The SMILES string of the molecule is CON=C(C(=O)NC1C(=O)N2C(C(=O)O)=C(C=C(S)c3ccc(NC(C)=O)nn3)CSC12)c1csc(N)n1. The van der Waals surface area contributed by atoms with Crippen LogP contribution >= 0.6 is 35.7 Å². The summed E-state index contributed by atoms with van der Waals surface area (Å²) >= 11 is 6.79. The molecule has 1 saturated heterocycles. The number of nitrogens with two attached hydrogens (primary N) is 1. The van der Waals surface area contributed by atoms with E-state index in [0.29, 0.717) is 16.2 Å². The normalized spacial score (nSPS) is 19.4. The lowest BCUT2D eigenvalue weighted by molar-refractivity contribution is -0.150. The van der Waals surface area contributed by atoms with Crippen molar-refractivity contribution in [3.05, 3.63) is 46.2 Å². The number of allylic oxidation sites excluding steroid dienone is 1. The number of aromatic nitrogens is 3. The molecule has 0 saturated carbocycles. The van der Waals surface area contributed by atoms with Crippen LogP contribution in [0, 0.1) is 0 Å². The summed E-state index contributed by atoms with van der Waals surface area (Å²) in [6.45, 7) is 1.34. The van der Waals surface area contributed by atoms with Gasteiger partial charge in [-0.05, 0) is 23.8 Å². The maximum atomic E-state index is 13.0. The van der Waals surface area contributed by atoms with Gasteiger partial charge >= 0.3 is 5.97 Å². The van der Waals surface area contributed by atoms with E-state index >= 15 is 0 Å². The number of nitrogens with zero attached hydrogens (tertiary/aromatic N) is 5. The van der Waals surface area contributed by atoms with Crippen LogP contribution in [0.15, 0.2) is 40.0 Å². The third-order valence-electron chi connectivity index (χ3n) is 5.19. The number of carbonyl (C=O) groups is 4. The summed E-state index contributed by atoms with van der Waals surface area (Å²) in [6.07, 6.45) is 1.49. The van der Waals surface area contributed by atoms with E-state index in [2.05, 4.69) is 43.6 Å². The number of hydrogen-bond donors (Lipinski definition) is 5. The molecule has 17 heteroatoms. The number of thiol groups is 1. The minimum Gasteiger partial charge on any atom is -0.477 e. The average molecular weight is 577 g/mol. The monoisotopic (exact) mass is 576 g/mol. The maximum Gasteiger partial charge on any atom is 0.352 e. The van der Waals surface area contributed by atoms with Crippen LogP contribution in [0.25, 0.3) is 4.91 Å². The van der Waals surface area contributed by atoms with E-state index in [1.165, 1.54) is 43.3 Å². The van der Waals surface area contributed by atoms with Crippen LogP contribution in [-0.4, -0.2) is 78.9 Å². The zero-order valence-electron chi connectivity index (χ0n) is 19.7. The highest BCUT2D eigenvalue weighted by Crippen LogP contribution is 2.41. The van der Waals surface area contributed by atoms with E-state index in [4.69, 9.17) is 10.6 Å². The van der Waals surface area contributed by atoms with Crippen LogP contribution in [0.4, 0.5) is 10.9 Å². The van der Waals surface area contributed by atoms with Gasteiger partial charge in [0, 0.05) is 23.0 Å². The van der Waals surface area contributed by atoms with E-state index < -0.39 is 29.2 Å². The van der Waals surface area contributed by atoms with Crippen molar-refractivity contribution < 1.29 is 29.1 Å². The second-order valence-corrected chi connectivity index (χ2v) is 10.2. The Labute approximate surface area is 228 Å². The second kappa shape index (κ2) is 11.2. The fourth-order valence-electron chi connectivity index (χ4n) is 3.61. The quantitative estimate of drug-likeness (QED) is 0.127. The van der Waals surface area contributed by atoms with Gasteiger partial charge < -0.3 is 26.3 Å². The molecule has 2 aromatic rings. The summed E-state index contributed by atoms with van der Waals surface area (Å²) in [5.41, 5.74) is 6.08. The number of carbonyl (C=O) groups excluding carboxylic acids is 3. The molecule has 0 radical (unpaired) electrons. The van der Waals surface area contributed by atoms with E-state index in [9.17, 15) is 24.3 Å². The minimum atomic E-state index is -1.31. The molecule has 4 rings (SSSR count). The molecule has 2 unspecified atom stereocenters. The first-order chi connectivity index (χ1) is 18.1. The summed E-state index contributed by atoms with van der Waals surface area (Å²) in [4.78, 5) is 59.3. The van der Waals surface area contributed by atoms with Crippen LogP contribution < -0.4 is 16.4 Å². The van der Waals surface area contributed by atoms with Crippen molar-refractivity contribution in [2.45, 2.75) is 18.3 Å². The summed E-state index contributed by atoms with van der Waals surface area (Å²) in [6, 6.07) is 2.10. The number of β-lactam (4-membered cyclic amide) rings is 1. The Balaban J connectivity index is 1.54. The number of carboxylic acid groups (broad SMARTS) is 1. The van der Waals surface area contributed by atoms with Crippen LogP contribution in [-0.2, 0) is 24.0 Å². The molecule has 2 aliphatic heterocycles. The highest BCUT2D eigenvalue weighted by atomic mass is 32.2. The smallest absolute Gasteiger partial charge is 0.352 e. The fourth-order valence-corrected chi connectivity index (χ4v) is 5.74. The van der Waals surface area contributed by atoms with Gasteiger partial charge in [-0.15, -0.1) is 45.9 Å². The molecule has 1 fully saturated rings. The molecule has 198 valence electrons. The van der Waals surface area contributed by atoms with Gasteiger partial charge in [0.05, 0.1) is 5.69 Å². The molecule has 2 aliphatic rings. The van der Waals surface area contributed by atoms with Crippen LogP contribution in [0.1, 0.15) is 18.3 Å². The lowest BCUT2D eigenvalue weighted by Crippen LogP contribution is -2.71. The summed E-state index contributed by atoms with van der Waals surface area (Å²) in [5.74, 6) is -2.48. The Kier molecular flexibility index (Phi) is 7.98. The molecule has 4 heterocycles. The van der Waals surface area contributed by atoms with Gasteiger partial charge in [-0.2, -0.15) is 0 Å². The van der Waals surface area contributed by atoms with Crippen LogP contribution in [0.2, 0.25) is 0 Å². The highest BCUT2D eigenvalue weighted by molar-refractivity contribution is 8.00. The number of thiazole rings is 1.